The summed E-state index contributed by atoms with van der Waals surface area (Å²) in [5.41, 5.74) is 6.75. The largest absolute Gasteiger partial charge is 0.390 e. The third-order valence-corrected chi connectivity index (χ3v) is 9.27. The van der Waals surface area contributed by atoms with E-state index in [4.69, 9.17) is 5.73 Å². The standard InChI is InChI=1S/C20H35NO2/c1-11-4-5-13-16-14(7-9-19(11,13)2)20(3)8-6-12(21)10-15(20)17(22)18(16)23/h11-18,22-23H,4-10,21H2,1-3H3/t11-,12-,13?,14?,15?,16?,17+,18?,19+,20+/m0/s1. The van der Waals surface area contributed by atoms with Crippen molar-refractivity contribution in [2.45, 2.75) is 84.0 Å². The summed E-state index contributed by atoms with van der Waals surface area (Å²) in [6.45, 7) is 7.25. The second-order valence-electron chi connectivity index (χ2n) is 9.94. The number of rotatable bonds is 0. The number of hydrogen-bond donors (Lipinski definition) is 3. The van der Waals surface area contributed by atoms with Gasteiger partial charge < -0.3 is 15.9 Å². The molecule has 0 radical (unpaired) electrons. The first-order valence-corrected chi connectivity index (χ1v) is 9.91. The van der Waals surface area contributed by atoms with Crippen LogP contribution in [-0.4, -0.2) is 28.5 Å². The second kappa shape index (κ2) is 5.19. The summed E-state index contributed by atoms with van der Waals surface area (Å²) in [5.74, 6) is 2.40. The van der Waals surface area contributed by atoms with Crippen LogP contribution in [0.4, 0.5) is 0 Å². The summed E-state index contributed by atoms with van der Waals surface area (Å²) in [4.78, 5) is 0. The molecule has 0 bridgehead atoms. The fraction of sp³-hybridized carbons (Fsp3) is 1.00. The maximum Gasteiger partial charge on any atom is 0.0836 e. The van der Waals surface area contributed by atoms with E-state index in [9.17, 15) is 10.2 Å². The van der Waals surface area contributed by atoms with Crippen LogP contribution in [0, 0.1) is 40.4 Å². The van der Waals surface area contributed by atoms with Gasteiger partial charge in [-0.15, -0.1) is 0 Å². The van der Waals surface area contributed by atoms with Crippen molar-refractivity contribution < 1.29 is 10.2 Å². The average Bonchev–Trinajstić information content (AvgIpc) is 2.82. The van der Waals surface area contributed by atoms with Crippen molar-refractivity contribution in [1.29, 1.82) is 0 Å². The van der Waals surface area contributed by atoms with Gasteiger partial charge in [-0.2, -0.15) is 0 Å². The van der Waals surface area contributed by atoms with Gasteiger partial charge in [0.15, 0.2) is 0 Å². The van der Waals surface area contributed by atoms with E-state index in [-0.39, 0.29) is 17.4 Å². The minimum Gasteiger partial charge on any atom is -0.390 e. The Balaban J connectivity index is 1.72. The van der Waals surface area contributed by atoms with Crippen LogP contribution in [0.25, 0.3) is 0 Å². The van der Waals surface area contributed by atoms with Crippen LogP contribution >= 0.6 is 0 Å². The minimum absolute atomic E-state index is 0.173. The predicted octanol–water partition coefficient (Wildman–Crippen LogP) is 2.93. The number of fused-ring (bicyclic) bond motifs is 5. The quantitative estimate of drug-likeness (QED) is 0.642. The van der Waals surface area contributed by atoms with Crippen molar-refractivity contribution in [2.24, 2.45) is 46.2 Å². The highest BCUT2D eigenvalue weighted by molar-refractivity contribution is 5.13. The van der Waals surface area contributed by atoms with Crippen molar-refractivity contribution in [3.8, 4) is 0 Å². The second-order valence-corrected chi connectivity index (χ2v) is 9.94. The van der Waals surface area contributed by atoms with E-state index in [1.807, 2.05) is 0 Å². The number of aliphatic hydroxyl groups excluding tert-OH is 2. The van der Waals surface area contributed by atoms with Gasteiger partial charge in [-0.05, 0) is 85.4 Å². The summed E-state index contributed by atoms with van der Waals surface area (Å²) < 4.78 is 0. The molecule has 0 aromatic heterocycles. The summed E-state index contributed by atoms with van der Waals surface area (Å²) in [5, 5.41) is 22.0. The molecule has 0 aliphatic heterocycles. The Labute approximate surface area is 141 Å². The zero-order valence-electron chi connectivity index (χ0n) is 15.0. The van der Waals surface area contributed by atoms with Gasteiger partial charge in [-0.3, -0.25) is 0 Å². The molecule has 4 N–H and O–H groups in total. The molecular formula is C20H35NO2. The van der Waals surface area contributed by atoms with Crippen LogP contribution in [0.15, 0.2) is 0 Å². The van der Waals surface area contributed by atoms with Gasteiger partial charge in [-0.1, -0.05) is 20.8 Å². The van der Waals surface area contributed by atoms with E-state index in [1.54, 1.807) is 0 Å². The molecule has 4 saturated carbocycles. The van der Waals surface area contributed by atoms with E-state index < -0.39 is 12.2 Å². The predicted molar refractivity (Wildman–Crippen MR) is 91.6 cm³/mol. The van der Waals surface area contributed by atoms with Gasteiger partial charge in [0, 0.05) is 6.04 Å². The Bertz CT molecular complexity index is 482. The van der Waals surface area contributed by atoms with E-state index in [2.05, 4.69) is 20.8 Å². The summed E-state index contributed by atoms with van der Waals surface area (Å²) in [6.07, 6.45) is 7.03. The van der Waals surface area contributed by atoms with E-state index in [0.717, 1.165) is 25.2 Å². The molecule has 0 amide bonds. The number of aliphatic hydroxyl groups is 2. The average molecular weight is 322 g/mol. The van der Waals surface area contributed by atoms with Crippen molar-refractivity contribution in [1.82, 2.24) is 0 Å². The highest BCUT2D eigenvalue weighted by atomic mass is 16.3. The first kappa shape index (κ1) is 16.4. The number of nitrogens with two attached hydrogens (primary N) is 1. The van der Waals surface area contributed by atoms with Crippen molar-refractivity contribution >= 4 is 0 Å². The molecule has 23 heavy (non-hydrogen) atoms. The van der Waals surface area contributed by atoms with Gasteiger partial charge in [-0.25, -0.2) is 0 Å². The SMILES string of the molecule is C[C@H]1CCC2C3C(O)[C@H](O)C4C[C@@H](N)CC[C@]4(C)C3CC[C@@]21C. The summed E-state index contributed by atoms with van der Waals surface area (Å²) >= 11 is 0. The fourth-order valence-corrected chi connectivity index (χ4v) is 7.55. The highest BCUT2D eigenvalue weighted by Crippen LogP contribution is 2.67. The monoisotopic (exact) mass is 321 g/mol. The molecule has 0 spiro atoms. The third kappa shape index (κ3) is 2.05. The summed E-state index contributed by atoms with van der Waals surface area (Å²) in [6, 6.07) is 0.201. The summed E-state index contributed by atoms with van der Waals surface area (Å²) in [7, 11) is 0. The normalized spacial score (nSPS) is 62.3. The van der Waals surface area contributed by atoms with Crippen LogP contribution in [0.5, 0.6) is 0 Å². The molecule has 5 unspecified atom stereocenters. The maximum absolute atomic E-state index is 11.1. The van der Waals surface area contributed by atoms with Gasteiger partial charge in [0.1, 0.15) is 0 Å². The molecule has 3 heteroatoms. The molecule has 3 nitrogen and oxygen atoms in total. The minimum atomic E-state index is -0.578. The lowest BCUT2D eigenvalue weighted by atomic mass is 9.43. The van der Waals surface area contributed by atoms with Gasteiger partial charge in [0.25, 0.3) is 0 Å². The molecule has 0 aromatic carbocycles. The molecule has 10 atom stereocenters. The van der Waals surface area contributed by atoms with Crippen molar-refractivity contribution in [3.05, 3.63) is 0 Å². The van der Waals surface area contributed by atoms with Gasteiger partial charge >= 0.3 is 0 Å². The van der Waals surface area contributed by atoms with Crippen molar-refractivity contribution in [3.63, 3.8) is 0 Å². The van der Waals surface area contributed by atoms with Crippen molar-refractivity contribution in [2.75, 3.05) is 0 Å². The van der Waals surface area contributed by atoms with Crippen LogP contribution in [0.1, 0.15) is 65.7 Å². The smallest absolute Gasteiger partial charge is 0.0836 e. The van der Waals surface area contributed by atoms with E-state index in [1.165, 1.54) is 25.7 Å². The lowest BCUT2D eigenvalue weighted by Crippen LogP contribution is -2.64. The lowest BCUT2D eigenvalue weighted by Gasteiger charge is -2.63. The van der Waals surface area contributed by atoms with Gasteiger partial charge in [0.05, 0.1) is 12.2 Å². The van der Waals surface area contributed by atoms with Crippen LogP contribution < -0.4 is 5.73 Å². The molecule has 0 aromatic rings. The first-order valence-electron chi connectivity index (χ1n) is 9.91. The first-order chi connectivity index (χ1) is 10.8. The Morgan fingerprint density at radius 1 is 0.826 bits per heavy atom. The molecule has 4 rings (SSSR count). The molecule has 4 aliphatic rings. The lowest BCUT2D eigenvalue weighted by molar-refractivity contribution is -0.215. The molecule has 4 aliphatic carbocycles. The third-order valence-electron chi connectivity index (χ3n) is 9.27. The Hall–Kier alpha value is -0.120. The Morgan fingerprint density at radius 3 is 2.22 bits per heavy atom. The highest BCUT2D eigenvalue weighted by Gasteiger charge is 2.64. The Kier molecular flexibility index (Phi) is 3.69. The zero-order valence-corrected chi connectivity index (χ0v) is 15.0. The van der Waals surface area contributed by atoms with Crippen LogP contribution in [-0.2, 0) is 0 Å². The maximum atomic E-state index is 11.1. The van der Waals surface area contributed by atoms with Gasteiger partial charge in [0.2, 0.25) is 0 Å². The van der Waals surface area contributed by atoms with Crippen LogP contribution in [0.2, 0.25) is 0 Å². The van der Waals surface area contributed by atoms with Crippen LogP contribution in [0.3, 0.4) is 0 Å². The fourth-order valence-electron chi connectivity index (χ4n) is 7.55. The topological polar surface area (TPSA) is 66.5 Å². The molecular weight excluding hydrogens is 286 g/mol. The molecule has 0 saturated heterocycles. The molecule has 4 fully saturated rings. The Morgan fingerprint density at radius 2 is 1.48 bits per heavy atom. The molecule has 132 valence electrons. The van der Waals surface area contributed by atoms with E-state index >= 15 is 0 Å². The molecule has 0 heterocycles. The van der Waals surface area contributed by atoms with E-state index in [0.29, 0.717) is 23.2 Å². The number of hydrogen-bond acceptors (Lipinski definition) is 3. The zero-order chi connectivity index (χ0) is 16.6.